The van der Waals surface area contributed by atoms with Crippen molar-refractivity contribution in [3.05, 3.63) is 293 Å². The predicted octanol–water partition coefficient (Wildman–Crippen LogP) is 18.5. The van der Waals surface area contributed by atoms with Crippen molar-refractivity contribution in [2.24, 2.45) is 0 Å². The van der Waals surface area contributed by atoms with Gasteiger partial charge in [0.15, 0.2) is 0 Å². The fraction of sp³-hybridized carbons (Fsp3) is 0.0294. The number of nitrogens with zero attached hydrogens (tertiary/aromatic N) is 1. The number of hydrogen-bond donors (Lipinski definition) is 0. The van der Waals surface area contributed by atoms with Gasteiger partial charge in [-0.05, 0) is 122 Å². The van der Waals surface area contributed by atoms with Gasteiger partial charge in [0.05, 0.1) is 16.5 Å². The first-order valence-electron chi connectivity index (χ1n) is 24.7. The highest BCUT2D eigenvalue weighted by Gasteiger charge is 2.53. The van der Waals surface area contributed by atoms with Gasteiger partial charge in [-0.15, -0.1) is 11.3 Å². The van der Waals surface area contributed by atoms with Crippen LogP contribution in [0.2, 0.25) is 0 Å². The van der Waals surface area contributed by atoms with Crippen LogP contribution in [0.4, 0.5) is 17.1 Å². The van der Waals surface area contributed by atoms with Gasteiger partial charge in [-0.1, -0.05) is 200 Å². The second-order valence-corrected chi connectivity index (χ2v) is 21.5. The molecule has 1 aromatic heterocycles. The minimum absolute atomic E-state index is 0.524. The van der Waals surface area contributed by atoms with Crippen molar-refractivity contribution in [2.45, 2.75) is 20.6 Å². The normalized spacial score (nSPS) is 14.4. The molecule has 336 valence electrons. The van der Waals surface area contributed by atoms with Crippen LogP contribution in [-0.4, -0.2) is 0 Å². The number of thiophene rings is 1. The van der Waals surface area contributed by atoms with Crippen molar-refractivity contribution in [3.8, 4) is 44.9 Å². The van der Waals surface area contributed by atoms with Crippen LogP contribution in [-0.2, 0) is 10.8 Å². The molecule has 0 radical (unpaired) electrons. The van der Waals surface area contributed by atoms with Crippen molar-refractivity contribution < 1.29 is 4.74 Å². The number of ether oxygens (including phenoxy) is 1. The Balaban J connectivity index is 0.974. The lowest BCUT2D eigenvalue weighted by Gasteiger charge is -2.40. The molecule has 0 N–H and O–H groups in total. The van der Waals surface area contributed by atoms with Crippen LogP contribution in [0.25, 0.3) is 53.6 Å². The summed E-state index contributed by atoms with van der Waals surface area (Å²) in [6.45, 7) is 0. The molecule has 2 spiro atoms. The molecule has 3 heterocycles. The third kappa shape index (κ3) is 5.25. The molecule has 0 bridgehead atoms. The maximum absolute atomic E-state index is 6.76. The van der Waals surface area contributed by atoms with Crippen LogP contribution in [0.3, 0.4) is 0 Å². The van der Waals surface area contributed by atoms with E-state index in [4.69, 9.17) is 4.74 Å². The second-order valence-electron chi connectivity index (χ2n) is 19.4. The molecule has 0 fully saturated rings. The van der Waals surface area contributed by atoms with E-state index in [-0.39, 0.29) is 0 Å². The molecule has 0 unspecified atom stereocenters. The molecule has 12 aromatic rings. The van der Waals surface area contributed by atoms with Crippen molar-refractivity contribution in [1.29, 1.82) is 0 Å². The van der Waals surface area contributed by atoms with E-state index in [1.807, 2.05) is 23.1 Å². The molecule has 2 aliphatic carbocycles. The molecule has 4 heteroatoms. The van der Waals surface area contributed by atoms with Gasteiger partial charge < -0.3 is 9.64 Å². The Morgan fingerprint density at radius 1 is 0.347 bits per heavy atom. The molecule has 2 nitrogen and oxygen atoms in total. The van der Waals surface area contributed by atoms with Crippen LogP contribution in [0.15, 0.2) is 259 Å². The maximum atomic E-state index is 6.76. The smallest absolute Gasteiger partial charge is 0.132 e. The SMILES string of the molecule is c1ccc2c(c1)Oc1ccccc1C21c2ccccc2-c2c(N(c3ccc(-c4cccc5c4sc4ccccc45)cc3)c3ccc4c(c3)C3(c5ccccc5Sc5ccccc53)c3ccccc3-4)cccc21. The van der Waals surface area contributed by atoms with Crippen LogP contribution in [0.1, 0.15) is 44.5 Å². The number of hydrogen-bond acceptors (Lipinski definition) is 4. The summed E-state index contributed by atoms with van der Waals surface area (Å²) in [6, 6.07) is 92.9. The Morgan fingerprint density at radius 3 is 1.60 bits per heavy atom. The van der Waals surface area contributed by atoms with Gasteiger partial charge in [0.25, 0.3) is 0 Å². The van der Waals surface area contributed by atoms with E-state index in [1.54, 1.807) is 0 Å². The monoisotopic (exact) mass is 951 g/mol. The fourth-order valence-electron chi connectivity index (χ4n) is 13.2. The number of anilines is 3. The maximum Gasteiger partial charge on any atom is 0.132 e. The largest absolute Gasteiger partial charge is 0.457 e. The molecule has 2 aliphatic heterocycles. The summed E-state index contributed by atoms with van der Waals surface area (Å²) in [7, 11) is 0. The fourth-order valence-corrected chi connectivity index (χ4v) is 15.7. The van der Waals surface area contributed by atoms with E-state index < -0.39 is 10.8 Å². The standard InChI is InChI=1S/C68H41NOS2/c1-4-22-51-46(17-1)47-40-39-44(41-58(47)68(51)55-26-8-13-33-63(55)71-64-34-14-9-27-56(64)68)69(43-37-35-42(36-38-43)45-20-15-21-49-48-18-3-12-32-62(48)72-66(45)49)59-29-16-28-57-65(59)50-19-2-5-23-52(50)67(57)53-24-6-10-30-60(53)70-61-31-11-7-25-54(61)67/h1-41H. The lowest BCUT2D eigenvalue weighted by Crippen LogP contribution is -2.32. The Labute approximate surface area is 426 Å². The van der Waals surface area contributed by atoms with Gasteiger partial charge in [0, 0.05) is 58.0 Å². The topological polar surface area (TPSA) is 12.5 Å². The summed E-state index contributed by atoms with van der Waals surface area (Å²) in [6.07, 6.45) is 0. The van der Waals surface area contributed by atoms with Crippen molar-refractivity contribution in [2.75, 3.05) is 4.90 Å². The molecule has 0 atom stereocenters. The molecule has 16 rings (SSSR count). The number of fused-ring (bicyclic) bond motifs is 21. The summed E-state index contributed by atoms with van der Waals surface area (Å²) < 4.78 is 9.39. The highest BCUT2D eigenvalue weighted by atomic mass is 32.2. The predicted molar refractivity (Wildman–Crippen MR) is 298 cm³/mol. The van der Waals surface area contributed by atoms with Gasteiger partial charge in [-0.25, -0.2) is 0 Å². The van der Waals surface area contributed by atoms with Crippen molar-refractivity contribution in [1.82, 2.24) is 0 Å². The average molecular weight is 952 g/mol. The lowest BCUT2D eigenvalue weighted by atomic mass is 9.66. The Hall–Kier alpha value is -8.41. The summed E-state index contributed by atoms with van der Waals surface area (Å²) in [5.74, 6) is 1.78. The minimum atomic E-state index is -0.608. The molecule has 72 heavy (non-hydrogen) atoms. The quantitative estimate of drug-likeness (QED) is 0.174. The summed E-state index contributed by atoms with van der Waals surface area (Å²) >= 11 is 3.77. The van der Waals surface area contributed by atoms with E-state index in [0.29, 0.717) is 0 Å². The average Bonchev–Trinajstić information content (AvgIpc) is 4.07. The van der Waals surface area contributed by atoms with Crippen molar-refractivity contribution in [3.63, 3.8) is 0 Å². The van der Waals surface area contributed by atoms with Gasteiger partial charge in [0.2, 0.25) is 0 Å². The number of rotatable bonds is 4. The molecular weight excluding hydrogens is 911 g/mol. The van der Waals surface area contributed by atoms with Crippen LogP contribution < -0.4 is 9.64 Å². The van der Waals surface area contributed by atoms with Gasteiger partial charge in [-0.2, -0.15) is 0 Å². The lowest BCUT2D eigenvalue weighted by molar-refractivity contribution is 0.436. The zero-order chi connectivity index (χ0) is 47.1. The van der Waals surface area contributed by atoms with Crippen LogP contribution in [0.5, 0.6) is 11.5 Å². The zero-order valence-corrected chi connectivity index (χ0v) is 40.5. The Bertz CT molecular complexity index is 4170. The zero-order valence-electron chi connectivity index (χ0n) is 38.8. The molecule has 11 aromatic carbocycles. The summed E-state index contributed by atoms with van der Waals surface area (Å²) in [5.41, 5.74) is 19.8. The second kappa shape index (κ2) is 15.1. The molecule has 0 amide bonds. The number of para-hydroxylation sites is 2. The highest BCUT2D eigenvalue weighted by molar-refractivity contribution is 7.99. The first kappa shape index (κ1) is 40.3. The third-order valence-corrected chi connectivity index (χ3v) is 18.4. The molecule has 0 saturated heterocycles. The van der Waals surface area contributed by atoms with E-state index in [2.05, 4.69) is 254 Å². The van der Waals surface area contributed by atoms with E-state index in [9.17, 15) is 0 Å². The van der Waals surface area contributed by atoms with E-state index in [1.165, 1.54) is 96.7 Å². The van der Waals surface area contributed by atoms with Gasteiger partial charge in [-0.3, -0.25) is 0 Å². The minimum Gasteiger partial charge on any atom is -0.457 e. The van der Waals surface area contributed by atoms with E-state index in [0.717, 1.165) is 39.7 Å². The third-order valence-electron chi connectivity index (χ3n) is 16.0. The van der Waals surface area contributed by atoms with Crippen LogP contribution in [0, 0.1) is 0 Å². The summed E-state index contributed by atoms with van der Waals surface area (Å²) in [5, 5.41) is 2.62. The highest BCUT2D eigenvalue weighted by Crippen LogP contribution is 2.66. The Kier molecular flexibility index (Phi) is 8.43. The Morgan fingerprint density at radius 2 is 0.861 bits per heavy atom. The molecule has 0 saturated carbocycles. The first-order chi connectivity index (χ1) is 35.7. The molecular formula is C68H41NOS2. The van der Waals surface area contributed by atoms with Crippen molar-refractivity contribution >= 4 is 60.3 Å². The van der Waals surface area contributed by atoms with Crippen LogP contribution >= 0.6 is 23.1 Å². The van der Waals surface area contributed by atoms with Gasteiger partial charge >= 0.3 is 0 Å². The first-order valence-corrected chi connectivity index (χ1v) is 26.4. The number of benzene rings is 11. The summed E-state index contributed by atoms with van der Waals surface area (Å²) in [4.78, 5) is 5.14. The van der Waals surface area contributed by atoms with E-state index >= 15 is 0 Å². The van der Waals surface area contributed by atoms with Gasteiger partial charge in [0.1, 0.15) is 11.5 Å². The molecule has 4 aliphatic rings.